The third-order valence-corrected chi connectivity index (χ3v) is 6.60. The third kappa shape index (κ3) is 6.78. The normalized spacial score (nSPS) is 10.9. The number of hydrogen-bond donors (Lipinski definition) is 2. The number of ether oxygens (including phenoxy) is 2. The lowest BCUT2D eigenvalue weighted by Gasteiger charge is -2.16. The minimum atomic E-state index is -0.417. The van der Waals surface area contributed by atoms with Crippen molar-refractivity contribution in [2.75, 3.05) is 17.2 Å². The van der Waals surface area contributed by atoms with Gasteiger partial charge in [0.25, 0.3) is 5.91 Å². The number of esters is 1. The fourth-order valence-electron chi connectivity index (χ4n) is 4.58. The van der Waals surface area contributed by atoms with Crippen molar-refractivity contribution in [1.82, 2.24) is 9.97 Å². The molecule has 2 N–H and O–H groups in total. The molecule has 4 aromatic carbocycles. The molecule has 5 rings (SSSR count). The lowest BCUT2D eigenvalue weighted by atomic mass is 10.0. The Labute approximate surface area is 248 Å². The zero-order valence-electron chi connectivity index (χ0n) is 24.3. The second-order valence-electron chi connectivity index (χ2n) is 10.2. The molecule has 8 nitrogen and oxygen atoms in total. The molecule has 1 heterocycles. The first-order valence-electron chi connectivity index (χ1n) is 13.9. The minimum Gasteiger partial charge on any atom is -0.490 e. The van der Waals surface area contributed by atoms with Crippen molar-refractivity contribution >= 4 is 40.1 Å². The Hall–Kier alpha value is -5.31. The Bertz CT molecular complexity index is 1810. The van der Waals surface area contributed by atoms with E-state index in [1.807, 2.05) is 51.1 Å². The first-order chi connectivity index (χ1) is 20.7. The molecule has 0 saturated heterocycles. The topological polar surface area (TPSA) is 102 Å². The van der Waals surface area contributed by atoms with Crippen molar-refractivity contribution in [3.63, 3.8) is 0 Å². The molecule has 0 fully saturated rings. The van der Waals surface area contributed by atoms with Gasteiger partial charge in [0.15, 0.2) is 0 Å². The molecule has 0 spiro atoms. The van der Waals surface area contributed by atoms with Crippen molar-refractivity contribution in [3.05, 3.63) is 108 Å². The molecule has 5 aromatic rings. The summed E-state index contributed by atoms with van der Waals surface area (Å²) in [5, 5.41) is 6.88. The zero-order chi connectivity index (χ0) is 30.5. The van der Waals surface area contributed by atoms with Crippen LogP contribution < -0.4 is 15.4 Å². The summed E-state index contributed by atoms with van der Waals surface area (Å²) in [6.45, 7) is 7.66. The minimum absolute atomic E-state index is 0.140. The fourth-order valence-corrected chi connectivity index (χ4v) is 4.58. The second kappa shape index (κ2) is 12.7. The van der Waals surface area contributed by atoms with Crippen molar-refractivity contribution in [2.45, 2.75) is 33.8 Å². The number of aryl methyl sites for hydroxylation is 1. The predicted molar refractivity (Wildman–Crippen MR) is 166 cm³/mol. The number of fused-ring (bicyclic) bond motifs is 1. The molecule has 0 unspecified atom stereocenters. The highest BCUT2D eigenvalue weighted by Gasteiger charge is 2.16. The van der Waals surface area contributed by atoms with E-state index >= 15 is 0 Å². The van der Waals surface area contributed by atoms with E-state index < -0.39 is 5.97 Å². The summed E-state index contributed by atoms with van der Waals surface area (Å²) >= 11 is 0. The van der Waals surface area contributed by atoms with Crippen LogP contribution in [0.3, 0.4) is 0 Å². The summed E-state index contributed by atoms with van der Waals surface area (Å²) in [7, 11) is 0. The smallest absolute Gasteiger partial charge is 0.338 e. The SMILES string of the molecule is CCOC(=O)c1ccc(NC(=O)c2cc(Nc3ncc4cccc(-c5ccc(F)cc5OC(C)C)c4n3)ccc2C)cc1. The summed E-state index contributed by atoms with van der Waals surface area (Å²) in [6.07, 6.45) is 1.57. The lowest BCUT2D eigenvalue weighted by Crippen LogP contribution is -2.14. The van der Waals surface area contributed by atoms with Crippen LogP contribution in [0, 0.1) is 12.7 Å². The summed E-state index contributed by atoms with van der Waals surface area (Å²) in [6, 6.07) is 22.1. The molecule has 218 valence electrons. The number of benzene rings is 4. The lowest BCUT2D eigenvalue weighted by molar-refractivity contribution is 0.0526. The molecule has 0 aliphatic carbocycles. The van der Waals surface area contributed by atoms with Gasteiger partial charge >= 0.3 is 5.97 Å². The van der Waals surface area contributed by atoms with Crippen molar-refractivity contribution in [2.24, 2.45) is 0 Å². The van der Waals surface area contributed by atoms with Crippen molar-refractivity contribution in [3.8, 4) is 16.9 Å². The number of aromatic nitrogens is 2. The van der Waals surface area contributed by atoms with Crippen molar-refractivity contribution in [1.29, 1.82) is 0 Å². The van der Waals surface area contributed by atoms with Crippen LogP contribution in [-0.4, -0.2) is 34.6 Å². The molecule has 1 amide bonds. The summed E-state index contributed by atoms with van der Waals surface area (Å²) in [5.74, 6) is -0.344. The van der Waals surface area contributed by atoms with E-state index in [9.17, 15) is 14.0 Å². The predicted octanol–water partition coefficient (Wildman–Crippen LogP) is 7.70. The van der Waals surface area contributed by atoms with Crippen LogP contribution in [0.1, 0.15) is 47.1 Å². The Balaban J connectivity index is 1.40. The molecule has 43 heavy (non-hydrogen) atoms. The van der Waals surface area contributed by atoms with Gasteiger partial charge in [-0.15, -0.1) is 0 Å². The van der Waals surface area contributed by atoms with Crippen molar-refractivity contribution < 1.29 is 23.5 Å². The highest BCUT2D eigenvalue weighted by molar-refractivity contribution is 6.06. The number of carbonyl (C=O) groups excluding carboxylic acids is 2. The van der Waals surface area contributed by atoms with Crippen LogP contribution in [0.5, 0.6) is 5.75 Å². The van der Waals surface area contributed by atoms with Crippen LogP contribution in [0.4, 0.5) is 21.7 Å². The first-order valence-corrected chi connectivity index (χ1v) is 13.9. The molecule has 0 saturated carbocycles. The average molecular weight is 579 g/mol. The van der Waals surface area contributed by atoms with Gasteiger partial charge in [-0.05, 0) is 81.8 Å². The van der Waals surface area contributed by atoms with E-state index in [1.54, 1.807) is 49.5 Å². The molecule has 0 atom stereocenters. The Morgan fingerprint density at radius 2 is 1.70 bits per heavy atom. The van der Waals surface area contributed by atoms with Crippen LogP contribution in [0.2, 0.25) is 0 Å². The number of para-hydroxylation sites is 1. The average Bonchev–Trinajstić information content (AvgIpc) is 2.98. The van der Waals surface area contributed by atoms with E-state index in [0.29, 0.717) is 39.7 Å². The van der Waals surface area contributed by atoms with Gasteiger partial charge in [0.2, 0.25) is 5.95 Å². The maximum absolute atomic E-state index is 14.1. The standard InChI is InChI=1S/C34H31FN4O4/c1-5-42-33(41)22-10-14-25(15-11-22)37-32(40)29-18-26(13-9-21(29)4)38-34-36-19-23-7-6-8-28(31(23)39-34)27-16-12-24(35)17-30(27)43-20(2)3/h6-20H,5H2,1-4H3,(H,37,40)(H,36,38,39). The van der Waals surface area contributed by atoms with Crippen LogP contribution in [-0.2, 0) is 4.74 Å². The largest absolute Gasteiger partial charge is 0.490 e. The number of rotatable bonds is 9. The number of amides is 1. The summed E-state index contributed by atoms with van der Waals surface area (Å²) < 4.78 is 25.0. The van der Waals surface area contributed by atoms with Gasteiger partial charge in [0.1, 0.15) is 11.6 Å². The Morgan fingerprint density at radius 1 is 0.930 bits per heavy atom. The maximum atomic E-state index is 14.1. The van der Waals surface area contributed by atoms with Gasteiger partial charge in [-0.2, -0.15) is 0 Å². The van der Waals surface area contributed by atoms with E-state index in [0.717, 1.165) is 22.1 Å². The Kier molecular flexibility index (Phi) is 8.61. The molecule has 0 bridgehead atoms. The first kappa shape index (κ1) is 29.2. The Morgan fingerprint density at radius 3 is 2.44 bits per heavy atom. The number of carbonyl (C=O) groups is 2. The number of hydrogen-bond acceptors (Lipinski definition) is 7. The highest BCUT2D eigenvalue weighted by atomic mass is 19.1. The second-order valence-corrected chi connectivity index (χ2v) is 10.2. The van der Waals surface area contributed by atoms with Gasteiger partial charge in [0, 0.05) is 45.7 Å². The van der Waals surface area contributed by atoms with Crippen LogP contribution >= 0.6 is 0 Å². The van der Waals surface area contributed by atoms with E-state index in [1.165, 1.54) is 12.1 Å². The van der Waals surface area contributed by atoms with Gasteiger partial charge < -0.3 is 20.1 Å². The number of nitrogens with one attached hydrogen (secondary N) is 2. The zero-order valence-corrected chi connectivity index (χ0v) is 24.3. The summed E-state index contributed by atoms with van der Waals surface area (Å²) in [4.78, 5) is 34.3. The molecule has 0 radical (unpaired) electrons. The molecular formula is C34H31FN4O4. The maximum Gasteiger partial charge on any atom is 0.338 e. The van der Waals surface area contributed by atoms with Crippen LogP contribution in [0.15, 0.2) is 85.1 Å². The van der Waals surface area contributed by atoms with E-state index in [-0.39, 0.29) is 24.4 Å². The third-order valence-electron chi connectivity index (χ3n) is 6.60. The quantitative estimate of drug-likeness (QED) is 0.173. The van der Waals surface area contributed by atoms with E-state index in [2.05, 4.69) is 15.6 Å². The van der Waals surface area contributed by atoms with Gasteiger partial charge in [-0.25, -0.2) is 19.2 Å². The molecule has 1 aromatic heterocycles. The molecule has 0 aliphatic rings. The fraction of sp³-hybridized carbons (Fsp3) is 0.176. The number of halogens is 1. The number of anilines is 3. The van der Waals surface area contributed by atoms with Gasteiger partial charge in [-0.1, -0.05) is 24.3 Å². The monoisotopic (exact) mass is 578 g/mol. The van der Waals surface area contributed by atoms with Crippen LogP contribution in [0.25, 0.3) is 22.0 Å². The van der Waals surface area contributed by atoms with Gasteiger partial charge in [-0.3, -0.25) is 4.79 Å². The molecular weight excluding hydrogens is 547 g/mol. The van der Waals surface area contributed by atoms with E-state index in [4.69, 9.17) is 14.5 Å². The molecule has 0 aliphatic heterocycles. The summed E-state index contributed by atoms with van der Waals surface area (Å²) in [5.41, 5.74) is 4.97. The molecule has 9 heteroatoms. The number of nitrogens with zero attached hydrogens (tertiary/aromatic N) is 2. The van der Waals surface area contributed by atoms with Gasteiger partial charge in [0.05, 0.1) is 23.8 Å². The highest BCUT2D eigenvalue weighted by Crippen LogP contribution is 2.36.